The summed E-state index contributed by atoms with van der Waals surface area (Å²) >= 11 is 0. The number of hydrogen-bond acceptors (Lipinski definition) is 6. The molecule has 0 aromatic heterocycles. The zero-order valence-electron chi connectivity index (χ0n) is 37.6. The molecule has 324 valence electrons. The van der Waals surface area contributed by atoms with Crippen molar-refractivity contribution in [2.24, 2.45) is 56.6 Å². The highest BCUT2D eigenvalue weighted by Crippen LogP contribution is 2.67. The molecule has 0 heterocycles. The van der Waals surface area contributed by atoms with Crippen LogP contribution in [-0.2, 0) is 14.3 Å². The van der Waals surface area contributed by atoms with Gasteiger partial charge in [-0.15, -0.1) is 0 Å². The lowest BCUT2D eigenvalue weighted by molar-refractivity contribution is -0.151. The number of rotatable bonds is 22. The maximum Gasteiger partial charge on any atom is 0.311 e. The van der Waals surface area contributed by atoms with E-state index in [1.54, 1.807) is 29.8 Å². The van der Waals surface area contributed by atoms with E-state index >= 15 is 0 Å². The van der Waals surface area contributed by atoms with Crippen LogP contribution in [0, 0.1) is 46.3 Å². The van der Waals surface area contributed by atoms with Gasteiger partial charge in [-0.25, -0.2) is 0 Å². The Morgan fingerprint density at radius 2 is 1.31 bits per heavy atom. The Balaban J connectivity index is 0.780. The fraction of sp³-hybridized carbons (Fsp3) is 0.698. The highest BCUT2D eigenvalue weighted by atomic mass is 16.5. The van der Waals surface area contributed by atoms with Crippen LogP contribution in [0.5, 0.6) is 5.75 Å². The zero-order valence-corrected chi connectivity index (χ0v) is 37.6. The molecule has 0 bridgehead atoms. The Labute approximate surface area is 358 Å². The second-order valence-corrected chi connectivity index (χ2v) is 20.2. The largest absolute Gasteiger partial charge is 0.462 e. The summed E-state index contributed by atoms with van der Waals surface area (Å²) in [4.78, 5) is 25.2. The standard InChI is InChI=1S/C53H78N2O4/c1-39(2)20-19-21-40(3)47-32-33-48-46-31-26-41-38-45(34-36-52(41,4)49(46)35-37-53(47,48)5)59-51(57)25-18-13-11-9-7-6-8-10-12-17-24-50(56)58-44-29-27-43(28-30-44)55-54-42-22-15-14-16-23-42/h14-16,22-23,26-30,39-40,45-49H,6-13,17-21,24-25,31-38H2,1-5H3/t40-,45+,46+,47-,48+,49+,52+,53-/m1/s1. The SMILES string of the molecule is CC(C)CCC[C@@H](C)[C@H]1CC[C@H]2[C@@H]3CC=C4C[C@@H](OC(=O)CCCCCCCCCCCCC(=O)Oc5ccc(N=Nc6ccccc6)cc5)CC[C@]4(C)[C@H]3CC[C@]12C. The number of ether oxygens (including phenoxy) is 2. The molecule has 4 aliphatic carbocycles. The highest BCUT2D eigenvalue weighted by Gasteiger charge is 2.59. The molecular formula is C53H78N2O4. The first-order chi connectivity index (χ1) is 28.5. The van der Waals surface area contributed by atoms with Gasteiger partial charge in [-0.05, 0) is 141 Å². The Kier molecular flexibility index (Phi) is 16.9. The average molecular weight is 807 g/mol. The Hall–Kier alpha value is -3.28. The van der Waals surface area contributed by atoms with Crippen molar-refractivity contribution in [3.63, 3.8) is 0 Å². The summed E-state index contributed by atoms with van der Waals surface area (Å²) in [6.07, 6.45) is 29.2. The fourth-order valence-corrected chi connectivity index (χ4v) is 12.3. The number of hydrogen-bond donors (Lipinski definition) is 0. The van der Waals surface area contributed by atoms with Crippen molar-refractivity contribution in [3.05, 3.63) is 66.2 Å². The minimum absolute atomic E-state index is 0.0180. The topological polar surface area (TPSA) is 77.3 Å². The van der Waals surface area contributed by atoms with E-state index in [4.69, 9.17) is 9.47 Å². The van der Waals surface area contributed by atoms with Crippen LogP contribution in [0.1, 0.15) is 182 Å². The number of benzene rings is 2. The van der Waals surface area contributed by atoms with Crippen molar-refractivity contribution in [1.82, 2.24) is 0 Å². The lowest BCUT2D eigenvalue weighted by Crippen LogP contribution is -2.51. The molecule has 2 aromatic rings. The number of allylic oxidation sites excluding steroid dienone is 1. The van der Waals surface area contributed by atoms with Gasteiger partial charge in [-0.1, -0.05) is 135 Å². The Bertz CT molecular complexity index is 1670. The maximum atomic E-state index is 12.9. The van der Waals surface area contributed by atoms with Gasteiger partial charge in [0.05, 0.1) is 11.4 Å². The van der Waals surface area contributed by atoms with Crippen LogP contribution in [0.15, 0.2) is 76.5 Å². The van der Waals surface area contributed by atoms with Gasteiger partial charge in [-0.3, -0.25) is 9.59 Å². The molecule has 0 aliphatic heterocycles. The molecular weight excluding hydrogens is 729 g/mol. The first kappa shape index (κ1) is 45.3. The summed E-state index contributed by atoms with van der Waals surface area (Å²) in [5, 5.41) is 8.45. The third-order valence-corrected chi connectivity index (χ3v) is 15.7. The second kappa shape index (κ2) is 22.0. The minimum Gasteiger partial charge on any atom is -0.462 e. The van der Waals surface area contributed by atoms with Crippen LogP contribution in [0.25, 0.3) is 0 Å². The van der Waals surface area contributed by atoms with Gasteiger partial charge in [-0.2, -0.15) is 10.2 Å². The summed E-state index contributed by atoms with van der Waals surface area (Å²) in [7, 11) is 0. The predicted molar refractivity (Wildman–Crippen MR) is 241 cm³/mol. The first-order valence-electron chi connectivity index (χ1n) is 24.2. The number of carbonyl (C=O) groups excluding carboxylic acids is 2. The van der Waals surface area contributed by atoms with Gasteiger partial charge in [0.1, 0.15) is 11.9 Å². The molecule has 0 amide bonds. The van der Waals surface area contributed by atoms with E-state index in [0.29, 0.717) is 35.1 Å². The lowest BCUT2D eigenvalue weighted by Gasteiger charge is -2.58. The second-order valence-electron chi connectivity index (χ2n) is 20.2. The van der Waals surface area contributed by atoms with Crippen LogP contribution in [0.3, 0.4) is 0 Å². The normalized spacial score (nSPS) is 28.1. The third kappa shape index (κ3) is 12.4. The van der Waals surface area contributed by atoms with Crippen LogP contribution in [0.2, 0.25) is 0 Å². The average Bonchev–Trinajstić information content (AvgIpc) is 3.58. The van der Waals surface area contributed by atoms with E-state index in [2.05, 4.69) is 50.9 Å². The fourth-order valence-electron chi connectivity index (χ4n) is 12.3. The number of esters is 2. The van der Waals surface area contributed by atoms with E-state index in [-0.39, 0.29) is 18.0 Å². The zero-order chi connectivity index (χ0) is 41.7. The molecule has 0 spiro atoms. The van der Waals surface area contributed by atoms with Crippen molar-refractivity contribution in [3.8, 4) is 5.75 Å². The van der Waals surface area contributed by atoms with Gasteiger partial charge < -0.3 is 9.47 Å². The van der Waals surface area contributed by atoms with Gasteiger partial charge in [0.15, 0.2) is 0 Å². The molecule has 6 rings (SSSR count). The summed E-state index contributed by atoms with van der Waals surface area (Å²) < 4.78 is 11.6. The summed E-state index contributed by atoms with van der Waals surface area (Å²) in [6, 6.07) is 16.7. The minimum atomic E-state index is -0.185. The molecule has 6 nitrogen and oxygen atoms in total. The number of unbranched alkanes of at least 4 members (excludes halogenated alkanes) is 9. The summed E-state index contributed by atoms with van der Waals surface area (Å²) in [5.41, 5.74) is 3.96. The molecule has 2 aromatic carbocycles. The highest BCUT2D eigenvalue weighted by molar-refractivity contribution is 5.72. The van der Waals surface area contributed by atoms with Crippen molar-refractivity contribution < 1.29 is 19.1 Å². The molecule has 0 N–H and O–H groups in total. The smallest absolute Gasteiger partial charge is 0.311 e. The molecule has 4 aliphatic rings. The molecule has 0 unspecified atom stereocenters. The molecule has 0 saturated heterocycles. The molecule has 8 atom stereocenters. The Morgan fingerprint density at radius 1 is 0.678 bits per heavy atom. The van der Waals surface area contributed by atoms with Crippen LogP contribution in [-0.4, -0.2) is 18.0 Å². The van der Waals surface area contributed by atoms with E-state index < -0.39 is 0 Å². The van der Waals surface area contributed by atoms with Gasteiger partial charge in [0.25, 0.3) is 0 Å². The van der Waals surface area contributed by atoms with Crippen molar-refractivity contribution >= 4 is 23.3 Å². The van der Waals surface area contributed by atoms with Gasteiger partial charge >= 0.3 is 11.9 Å². The van der Waals surface area contributed by atoms with E-state index in [0.717, 1.165) is 86.1 Å². The van der Waals surface area contributed by atoms with Crippen molar-refractivity contribution in [2.45, 2.75) is 188 Å². The summed E-state index contributed by atoms with van der Waals surface area (Å²) in [6.45, 7) is 12.6. The molecule has 0 radical (unpaired) electrons. The monoisotopic (exact) mass is 807 g/mol. The van der Waals surface area contributed by atoms with Crippen LogP contribution in [0.4, 0.5) is 11.4 Å². The predicted octanol–water partition coefficient (Wildman–Crippen LogP) is 15.6. The van der Waals surface area contributed by atoms with E-state index in [1.165, 1.54) is 89.9 Å². The number of nitrogens with zero attached hydrogens (tertiary/aromatic N) is 2. The first-order valence-corrected chi connectivity index (χ1v) is 24.2. The molecule has 3 fully saturated rings. The lowest BCUT2D eigenvalue weighted by atomic mass is 9.47. The van der Waals surface area contributed by atoms with Gasteiger partial charge in [0.2, 0.25) is 0 Å². The molecule has 59 heavy (non-hydrogen) atoms. The quantitative estimate of drug-likeness (QED) is 0.0390. The van der Waals surface area contributed by atoms with Crippen LogP contribution < -0.4 is 4.74 Å². The number of azo groups is 1. The van der Waals surface area contributed by atoms with E-state index in [9.17, 15) is 9.59 Å². The van der Waals surface area contributed by atoms with Crippen molar-refractivity contribution in [1.29, 1.82) is 0 Å². The number of fused-ring (bicyclic) bond motifs is 5. The number of carbonyl (C=O) groups is 2. The van der Waals surface area contributed by atoms with Crippen molar-refractivity contribution in [2.75, 3.05) is 0 Å². The van der Waals surface area contributed by atoms with Crippen LogP contribution >= 0.6 is 0 Å². The summed E-state index contributed by atoms with van der Waals surface area (Å²) in [5.74, 6) is 5.51. The van der Waals surface area contributed by atoms with Gasteiger partial charge in [0, 0.05) is 19.3 Å². The third-order valence-electron chi connectivity index (χ3n) is 15.7. The maximum absolute atomic E-state index is 12.9. The Morgan fingerprint density at radius 3 is 1.97 bits per heavy atom. The molecule has 6 heteroatoms. The molecule has 3 saturated carbocycles. The van der Waals surface area contributed by atoms with E-state index in [1.807, 2.05) is 30.3 Å².